The molecule has 13 rings (SSSR count). The van der Waals surface area contributed by atoms with Crippen LogP contribution in [0.2, 0.25) is 0 Å². The molecule has 0 bridgehead atoms. The van der Waals surface area contributed by atoms with Crippen molar-refractivity contribution in [1.82, 2.24) is 0 Å². The quantitative estimate of drug-likeness (QED) is 0.172. The molecule has 0 unspecified atom stereocenters. The smallest absolute Gasteiger partial charge is 0.0465 e. The first kappa shape index (κ1) is 36.9. The van der Waals surface area contributed by atoms with Crippen LogP contribution in [0.3, 0.4) is 0 Å². The topological polar surface area (TPSA) is 3.24 Å². The average Bonchev–Trinajstić information content (AvgIpc) is 3.85. The van der Waals surface area contributed by atoms with Crippen molar-refractivity contribution in [2.75, 3.05) is 4.90 Å². The molecule has 0 saturated heterocycles. The summed E-state index contributed by atoms with van der Waals surface area (Å²) in [6.45, 7) is 19.4. The molecule has 4 aliphatic rings. The van der Waals surface area contributed by atoms with Crippen molar-refractivity contribution in [2.24, 2.45) is 0 Å². The minimum absolute atomic E-state index is 0.103. The summed E-state index contributed by atoms with van der Waals surface area (Å²) in [5.74, 6) is 0. The molecule has 0 radical (unpaired) electrons. The second kappa shape index (κ2) is 12.1. The number of hydrogen-bond donors (Lipinski definition) is 0. The zero-order chi connectivity index (χ0) is 42.9. The highest BCUT2D eigenvalue weighted by atomic mass is 15.1. The molecule has 1 heteroatoms. The highest BCUT2D eigenvalue weighted by molar-refractivity contribution is 6.01. The van der Waals surface area contributed by atoms with Gasteiger partial charge in [0.2, 0.25) is 0 Å². The van der Waals surface area contributed by atoms with Crippen LogP contribution in [-0.2, 0) is 21.7 Å². The van der Waals surface area contributed by atoms with Crippen molar-refractivity contribution < 1.29 is 0 Å². The fourth-order valence-electron chi connectivity index (χ4n) is 12.9. The van der Waals surface area contributed by atoms with Gasteiger partial charge in [0.25, 0.3) is 0 Å². The van der Waals surface area contributed by atoms with Gasteiger partial charge in [0.1, 0.15) is 0 Å². The Bertz CT molecular complexity index is 3290. The van der Waals surface area contributed by atoms with Crippen molar-refractivity contribution in [1.29, 1.82) is 0 Å². The number of anilines is 3. The van der Waals surface area contributed by atoms with Gasteiger partial charge in [0.05, 0.1) is 0 Å². The molecule has 0 spiro atoms. The monoisotopic (exact) mass is 809 g/mol. The molecule has 4 aliphatic carbocycles. The molecule has 0 aromatic heterocycles. The highest BCUT2D eigenvalue weighted by Gasteiger charge is 2.45. The minimum Gasteiger partial charge on any atom is -0.310 e. The minimum atomic E-state index is -0.178. The van der Waals surface area contributed by atoms with E-state index in [1.807, 2.05) is 0 Å². The lowest BCUT2D eigenvalue weighted by molar-refractivity contribution is 0.654. The molecule has 304 valence electrons. The zero-order valence-corrected chi connectivity index (χ0v) is 37.5. The maximum atomic E-state index is 2.54. The lowest BCUT2D eigenvalue weighted by atomic mass is 9.78. The first-order valence-corrected chi connectivity index (χ1v) is 22.8. The van der Waals surface area contributed by atoms with Crippen LogP contribution in [0, 0.1) is 0 Å². The molecule has 9 aromatic carbocycles. The second-order valence-electron chi connectivity index (χ2n) is 20.9. The third-order valence-corrected chi connectivity index (χ3v) is 16.2. The standard InChI is InChI=1S/C62H51N/c1-59(2)51-30-39(24-28-43(51)47-32-55-49(34-53(47)59)45-26-22-36-16-12-14-20-41(36)57(45)61(55,5)6)63(38-18-10-9-11-19-38)40-25-29-44-48-33-56-50(35-54(48)60(3,4)52(44)31-40)46-27-23-37-17-13-15-21-42(37)58(46)62(56,7)8/h9-35H,1-8H3. The normalized spacial score (nSPS) is 16.8. The summed E-state index contributed by atoms with van der Waals surface area (Å²) >= 11 is 0. The summed E-state index contributed by atoms with van der Waals surface area (Å²) < 4.78 is 0. The van der Waals surface area contributed by atoms with Gasteiger partial charge >= 0.3 is 0 Å². The zero-order valence-electron chi connectivity index (χ0n) is 37.5. The SMILES string of the molecule is CC1(C)c2cc(N(c3ccccc3)c3ccc4c(c3)C(C)(C)c3cc5c(cc3-4)C(C)(C)c3c-5ccc4ccccc34)ccc2-c2cc3c(cc21)-c1ccc2ccccc2c1C3(C)C. The molecular weight excluding hydrogens is 759 g/mol. The molecular formula is C62H51N. The van der Waals surface area contributed by atoms with Crippen molar-refractivity contribution in [2.45, 2.75) is 77.0 Å². The fraction of sp³-hybridized carbons (Fsp3) is 0.194. The molecule has 0 saturated carbocycles. The Morgan fingerprint density at radius 2 is 0.619 bits per heavy atom. The van der Waals surface area contributed by atoms with Crippen LogP contribution in [0.25, 0.3) is 66.1 Å². The van der Waals surface area contributed by atoms with Crippen LogP contribution in [0.15, 0.2) is 164 Å². The first-order chi connectivity index (χ1) is 30.3. The van der Waals surface area contributed by atoms with E-state index in [1.54, 1.807) is 0 Å². The van der Waals surface area contributed by atoms with Gasteiger partial charge in [0, 0.05) is 38.7 Å². The predicted octanol–water partition coefficient (Wildman–Crippen LogP) is 16.7. The molecule has 0 N–H and O–H groups in total. The summed E-state index contributed by atoms with van der Waals surface area (Å²) in [5.41, 5.74) is 25.3. The number of hydrogen-bond acceptors (Lipinski definition) is 1. The molecule has 0 aliphatic heterocycles. The van der Waals surface area contributed by atoms with Gasteiger partial charge in [-0.2, -0.15) is 0 Å². The van der Waals surface area contributed by atoms with Crippen LogP contribution < -0.4 is 4.90 Å². The van der Waals surface area contributed by atoms with E-state index in [0.29, 0.717) is 0 Å². The third-order valence-electron chi connectivity index (χ3n) is 16.2. The Hall–Kier alpha value is -6.70. The van der Waals surface area contributed by atoms with E-state index in [4.69, 9.17) is 0 Å². The third kappa shape index (κ3) is 4.68. The molecule has 0 heterocycles. The largest absolute Gasteiger partial charge is 0.310 e. The van der Waals surface area contributed by atoms with Crippen LogP contribution in [0.1, 0.15) is 99.9 Å². The van der Waals surface area contributed by atoms with Gasteiger partial charge < -0.3 is 4.90 Å². The molecule has 63 heavy (non-hydrogen) atoms. The number of rotatable bonds is 3. The number of para-hydroxylation sites is 1. The number of fused-ring (bicyclic) bond motifs is 16. The summed E-state index contributed by atoms with van der Waals surface area (Å²) in [6.07, 6.45) is 0. The Morgan fingerprint density at radius 1 is 0.270 bits per heavy atom. The lowest BCUT2D eigenvalue weighted by Crippen LogP contribution is -2.18. The Kier molecular flexibility index (Phi) is 7.06. The molecule has 0 atom stereocenters. The van der Waals surface area contributed by atoms with E-state index in [2.05, 4.69) is 224 Å². The van der Waals surface area contributed by atoms with Crippen LogP contribution >= 0.6 is 0 Å². The highest BCUT2D eigenvalue weighted by Crippen LogP contribution is 2.60. The first-order valence-electron chi connectivity index (χ1n) is 22.8. The van der Waals surface area contributed by atoms with Gasteiger partial charge in [-0.25, -0.2) is 0 Å². The van der Waals surface area contributed by atoms with E-state index in [9.17, 15) is 0 Å². The van der Waals surface area contributed by atoms with Crippen LogP contribution in [0.5, 0.6) is 0 Å². The number of benzene rings is 9. The van der Waals surface area contributed by atoms with E-state index >= 15 is 0 Å². The molecule has 0 amide bonds. The summed E-state index contributed by atoms with van der Waals surface area (Å²) in [7, 11) is 0. The maximum Gasteiger partial charge on any atom is 0.0465 e. The second-order valence-corrected chi connectivity index (χ2v) is 20.9. The van der Waals surface area contributed by atoms with Gasteiger partial charge in [-0.15, -0.1) is 0 Å². The van der Waals surface area contributed by atoms with E-state index < -0.39 is 0 Å². The summed E-state index contributed by atoms with van der Waals surface area (Å²) in [5, 5.41) is 5.37. The molecule has 9 aromatic rings. The Balaban J connectivity index is 0.924. The lowest BCUT2D eigenvalue weighted by Gasteiger charge is -2.29. The van der Waals surface area contributed by atoms with Crippen molar-refractivity contribution >= 4 is 38.6 Å². The summed E-state index contributed by atoms with van der Waals surface area (Å²) in [4.78, 5) is 2.48. The Labute approximate surface area is 371 Å². The van der Waals surface area contributed by atoms with E-state index in [0.717, 1.165) is 5.69 Å². The van der Waals surface area contributed by atoms with Gasteiger partial charge in [-0.05, 0) is 171 Å². The van der Waals surface area contributed by atoms with Crippen LogP contribution in [-0.4, -0.2) is 0 Å². The Morgan fingerprint density at radius 3 is 1.06 bits per heavy atom. The van der Waals surface area contributed by atoms with Crippen molar-refractivity contribution in [3.63, 3.8) is 0 Å². The molecule has 1 nitrogen and oxygen atoms in total. The van der Waals surface area contributed by atoms with Crippen LogP contribution in [0.4, 0.5) is 17.1 Å². The average molecular weight is 810 g/mol. The van der Waals surface area contributed by atoms with Gasteiger partial charge in [0.15, 0.2) is 0 Å². The maximum absolute atomic E-state index is 2.54. The van der Waals surface area contributed by atoms with E-state index in [-0.39, 0.29) is 21.7 Å². The van der Waals surface area contributed by atoms with Crippen molar-refractivity contribution in [3.05, 3.63) is 208 Å². The fourth-order valence-corrected chi connectivity index (χ4v) is 12.9. The van der Waals surface area contributed by atoms with Gasteiger partial charge in [-0.3, -0.25) is 0 Å². The predicted molar refractivity (Wildman–Crippen MR) is 266 cm³/mol. The summed E-state index contributed by atoms with van der Waals surface area (Å²) in [6, 6.07) is 62.8. The van der Waals surface area contributed by atoms with Gasteiger partial charge in [-0.1, -0.05) is 159 Å². The molecule has 0 fully saturated rings. The van der Waals surface area contributed by atoms with E-state index in [1.165, 1.54) is 122 Å². The van der Waals surface area contributed by atoms with Crippen molar-refractivity contribution in [3.8, 4) is 44.5 Å². The number of nitrogens with zero attached hydrogens (tertiary/aromatic N) is 1.